The first-order valence-corrected chi connectivity index (χ1v) is 8.45. The molecule has 3 aromatic rings. The number of amides is 1. The van der Waals surface area contributed by atoms with E-state index in [-0.39, 0.29) is 5.91 Å². The van der Waals surface area contributed by atoms with Crippen LogP contribution in [0.2, 0.25) is 0 Å². The summed E-state index contributed by atoms with van der Waals surface area (Å²) in [5, 5.41) is 0. The highest BCUT2D eigenvalue weighted by Crippen LogP contribution is 2.14. The zero-order valence-corrected chi connectivity index (χ0v) is 14.4. The van der Waals surface area contributed by atoms with Gasteiger partial charge in [-0.25, -0.2) is 0 Å². The normalized spacial score (nSPS) is 10.6. The van der Waals surface area contributed by atoms with Gasteiger partial charge in [0.05, 0.1) is 12.8 Å². The van der Waals surface area contributed by atoms with E-state index in [1.807, 2.05) is 35.2 Å². The Morgan fingerprint density at radius 3 is 2.68 bits per heavy atom. The van der Waals surface area contributed by atoms with E-state index in [4.69, 9.17) is 4.42 Å². The van der Waals surface area contributed by atoms with Crippen molar-refractivity contribution in [2.45, 2.75) is 32.9 Å². The number of carbonyl (C=O) groups is 1. The number of furan rings is 1. The molecule has 0 saturated carbocycles. The monoisotopic (exact) mass is 334 g/mol. The Hall–Kier alpha value is -2.88. The summed E-state index contributed by atoms with van der Waals surface area (Å²) in [4.78, 5) is 18.8. The van der Waals surface area contributed by atoms with Crippen molar-refractivity contribution in [3.63, 3.8) is 0 Å². The van der Waals surface area contributed by atoms with E-state index in [1.54, 1.807) is 18.7 Å². The molecule has 0 N–H and O–H groups in total. The van der Waals surface area contributed by atoms with Gasteiger partial charge in [-0.3, -0.25) is 9.78 Å². The van der Waals surface area contributed by atoms with Crippen LogP contribution in [0.4, 0.5) is 0 Å². The average molecular weight is 334 g/mol. The van der Waals surface area contributed by atoms with Crippen LogP contribution >= 0.6 is 0 Å². The van der Waals surface area contributed by atoms with Gasteiger partial charge in [0.1, 0.15) is 5.76 Å². The van der Waals surface area contributed by atoms with Crippen LogP contribution in [0, 0.1) is 6.92 Å². The number of nitrogens with zero attached hydrogens (tertiary/aromatic N) is 2. The van der Waals surface area contributed by atoms with Gasteiger partial charge in [0.2, 0.25) is 5.91 Å². The first kappa shape index (κ1) is 17.0. The smallest absolute Gasteiger partial charge is 0.223 e. The third-order valence-electron chi connectivity index (χ3n) is 4.09. The van der Waals surface area contributed by atoms with Crippen molar-refractivity contribution >= 4 is 5.91 Å². The molecule has 2 heterocycles. The molecular weight excluding hydrogens is 312 g/mol. The Bertz CT molecular complexity index is 798. The van der Waals surface area contributed by atoms with Crippen LogP contribution in [-0.4, -0.2) is 15.8 Å². The maximum atomic E-state index is 12.8. The number of carbonyl (C=O) groups excluding carboxylic acids is 1. The highest BCUT2D eigenvalue weighted by Gasteiger charge is 2.16. The highest BCUT2D eigenvalue weighted by atomic mass is 16.3. The van der Waals surface area contributed by atoms with Crippen molar-refractivity contribution in [2.24, 2.45) is 0 Å². The molecule has 0 fully saturated rings. The molecule has 0 unspecified atom stereocenters. The van der Waals surface area contributed by atoms with E-state index in [1.165, 1.54) is 11.1 Å². The van der Waals surface area contributed by atoms with Crippen molar-refractivity contribution in [3.05, 3.63) is 89.6 Å². The van der Waals surface area contributed by atoms with E-state index in [0.717, 1.165) is 17.7 Å². The summed E-state index contributed by atoms with van der Waals surface area (Å²) in [6.07, 6.45) is 6.38. The van der Waals surface area contributed by atoms with Crippen LogP contribution in [0.3, 0.4) is 0 Å². The summed E-state index contributed by atoms with van der Waals surface area (Å²) >= 11 is 0. The van der Waals surface area contributed by atoms with Gasteiger partial charge in [0.15, 0.2) is 0 Å². The van der Waals surface area contributed by atoms with Gasteiger partial charge < -0.3 is 9.32 Å². The van der Waals surface area contributed by atoms with Gasteiger partial charge in [-0.15, -0.1) is 0 Å². The topological polar surface area (TPSA) is 46.3 Å². The lowest BCUT2D eigenvalue weighted by Gasteiger charge is -2.22. The predicted molar refractivity (Wildman–Crippen MR) is 96.7 cm³/mol. The molecule has 1 amide bonds. The van der Waals surface area contributed by atoms with Gasteiger partial charge >= 0.3 is 0 Å². The molecule has 0 aliphatic rings. The summed E-state index contributed by atoms with van der Waals surface area (Å²) in [5.41, 5.74) is 3.42. The van der Waals surface area contributed by atoms with E-state index < -0.39 is 0 Å². The van der Waals surface area contributed by atoms with E-state index >= 15 is 0 Å². The molecule has 0 bridgehead atoms. The Balaban J connectivity index is 1.67. The lowest BCUT2D eigenvalue weighted by atomic mass is 10.1. The van der Waals surface area contributed by atoms with Crippen LogP contribution in [-0.2, 0) is 24.3 Å². The molecular formula is C21H22N2O2. The zero-order chi connectivity index (χ0) is 17.5. The van der Waals surface area contributed by atoms with Gasteiger partial charge in [-0.1, -0.05) is 35.9 Å². The van der Waals surface area contributed by atoms with Gasteiger partial charge in [-0.2, -0.15) is 0 Å². The van der Waals surface area contributed by atoms with Gasteiger partial charge in [0, 0.05) is 25.4 Å². The van der Waals surface area contributed by atoms with Crippen molar-refractivity contribution in [2.75, 3.05) is 0 Å². The highest BCUT2D eigenvalue weighted by molar-refractivity contribution is 5.76. The number of benzene rings is 1. The fourth-order valence-corrected chi connectivity index (χ4v) is 2.81. The summed E-state index contributed by atoms with van der Waals surface area (Å²) in [6.45, 7) is 3.06. The molecule has 128 valence electrons. The molecule has 0 atom stereocenters. The lowest BCUT2D eigenvalue weighted by molar-refractivity contribution is -0.132. The molecule has 2 aromatic heterocycles. The van der Waals surface area contributed by atoms with Crippen LogP contribution in [0.15, 0.2) is 71.6 Å². The Morgan fingerprint density at radius 2 is 1.96 bits per heavy atom. The quantitative estimate of drug-likeness (QED) is 0.652. The van der Waals surface area contributed by atoms with Crippen LogP contribution < -0.4 is 0 Å². The second-order valence-corrected chi connectivity index (χ2v) is 6.18. The zero-order valence-electron chi connectivity index (χ0n) is 14.4. The van der Waals surface area contributed by atoms with E-state index in [2.05, 4.69) is 30.1 Å². The third kappa shape index (κ3) is 5.05. The summed E-state index contributed by atoms with van der Waals surface area (Å²) in [6, 6.07) is 15.9. The Labute approximate surface area is 148 Å². The number of aromatic nitrogens is 1. The minimum atomic E-state index is 0.113. The second kappa shape index (κ2) is 8.29. The number of hydrogen-bond donors (Lipinski definition) is 0. The van der Waals surface area contributed by atoms with Gasteiger partial charge in [-0.05, 0) is 42.7 Å². The minimum Gasteiger partial charge on any atom is -0.467 e. The first-order chi connectivity index (χ1) is 12.2. The van der Waals surface area contributed by atoms with Crippen LogP contribution in [0.1, 0.15) is 28.9 Å². The maximum Gasteiger partial charge on any atom is 0.223 e. The Morgan fingerprint density at radius 1 is 1.08 bits per heavy atom. The second-order valence-electron chi connectivity index (χ2n) is 6.18. The van der Waals surface area contributed by atoms with E-state index in [9.17, 15) is 4.79 Å². The summed E-state index contributed by atoms with van der Waals surface area (Å²) in [7, 11) is 0. The molecule has 0 aliphatic carbocycles. The summed E-state index contributed by atoms with van der Waals surface area (Å²) < 4.78 is 5.42. The third-order valence-corrected chi connectivity index (χ3v) is 4.09. The fraction of sp³-hybridized carbons (Fsp3) is 0.238. The number of hydrogen-bond acceptors (Lipinski definition) is 3. The molecule has 3 rings (SSSR count). The van der Waals surface area contributed by atoms with Crippen LogP contribution in [0.25, 0.3) is 0 Å². The molecule has 0 spiro atoms. The molecule has 0 radical (unpaired) electrons. The standard InChI is InChI=1S/C21H22N2O2/c1-17-5-2-6-18(13-17)9-10-21(24)23(16-20-8-4-12-25-20)15-19-7-3-11-22-14-19/h2-8,11-14H,9-10,15-16H2,1H3. The van der Waals surface area contributed by atoms with Crippen molar-refractivity contribution in [3.8, 4) is 0 Å². The molecule has 0 aliphatic heterocycles. The Kier molecular flexibility index (Phi) is 5.62. The number of rotatable bonds is 7. The molecule has 4 heteroatoms. The van der Waals surface area contributed by atoms with Crippen molar-refractivity contribution < 1.29 is 9.21 Å². The van der Waals surface area contributed by atoms with Crippen LogP contribution in [0.5, 0.6) is 0 Å². The predicted octanol–water partition coefficient (Wildman–Crippen LogP) is 4.14. The molecule has 1 aromatic carbocycles. The maximum absolute atomic E-state index is 12.8. The molecule has 25 heavy (non-hydrogen) atoms. The molecule has 4 nitrogen and oxygen atoms in total. The van der Waals surface area contributed by atoms with Crippen molar-refractivity contribution in [1.82, 2.24) is 9.88 Å². The number of pyridine rings is 1. The summed E-state index contributed by atoms with van der Waals surface area (Å²) in [5.74, 6) is 0.898. The van der Waals surface area contributed by atoms with Crippen molar-refractivity contribution in [1.29, 1.82) is 0 Å². The largest absolute Gasteiger partial charge is 0.467 e. The lowest BCUT2D eigenvalue weighted by Crippen LogP contribution is -2.30. The van der Waals surface area contributed by atoms with E-state index in [0.29, 0.717) is 19.5 Å². The minimum absolute atomic E-state index is 0.113. The van der Waals surface area contributed by atoms with Gasteiger partial charge in [0.25, 0.3) is 0 Å². The SMILES string of the molecule is Cc1cccc(CCC(=O)N(Cc2cccnc2)Cc2ccco2)c1. The first-order valence-electron chi connectivity index (χ1n) is 8.45. The number of aryl methyl sites for hydroxylation is 2. The average Bonchev–Trinajstić information content (AvgIpc) is 3.13. The fourth-order valence-electron chi connectivity index (χ4n) is 2.81. The molecule has 0 saturated heterocycles.